The summed E-state index contributed by atoms with van der Waals surface area (Å²) in [5.74, 6) is 1.92. The number of aromatic nitrogens is 6. The third kappa shape index (κ3) is 4.98. The molecule has 0 bridgehead atoms. The second-order valence-electron chi connectivity index (χ2n) is 14.7. The molecule has 0 radical (unpaired) electrons. The molecule has 0 saturated heterocycles. The molecule has 0 N–H and O–H groups in total. The van der Waals surface area contributed by atoms with Gasteiger partial charge in [0, 0.05) is 38.5 Å². The van der Waals surface area contributed by atoms with E-state index in [1.165, 1.54) is 21.5 Å². The molecule has 6 heteroatoms. The van der Waals surface area contributed by atoms with Gasteiger partial charge in [-0.2, -0.15) is 0 Å². The van der Waals surface area contributed by atoms with E-state index in [0.29, 0.717) is 17.5 Å². The maximum absolute atomic E-state index is 5.32. The summed E-state index contributed by atoms with van der Waals surface area (Å²) in [4.78, 5) is 20.2. The van der Waals surface area contributed by atoms with E-state index in [4.69, 9.17) is 19.9 Å². The Kier molecular flexibility index (Phi) is 7.13. The van der Waals surface area contributed by atoms with Gasteiger partial charge in [0.15, 0.2) is 17.5 Å². The maximum Gasteiger partial charge on any atom is 0.164 e. The molecule has 0 fully saturated rings. The first-order chi connectivity index (χ1) is 28.8. The van der Waals surface area contributed by atoms with Crippen molar-refractivity contribution >= 4 is 60.2 Å². The van der Waals surface area contributed by atoms with Crippen LogP contribution in [0.1, 0.15) is 0 Å². The molecule has 270 valence electrons. The summed E-state index contributed by atoms with van der Waals surface area (Å²) in [6.45, 7) is 0. The Morgan fingerprint density at radius 2 is 0.862 bits per heavy atom. The van der Waals surface area contributed by atoms with Gasteiger partial charge in [0.1, 0.15) is 5.65 Å². The van der Waals surface area contributed by atoms with E-state index in [1.807, 2.05) is 60.7 Å². The van der Waals surface area contributed by atoms with Crippen LogP contribution in [0.2, 0.25) is 0 Å². The molecule has 0 aliphatic carbocycles. The van der Waals surface area contributed by atoms with Crippen molar-refractivity contribution < 1.29 is 0 Å². The summed E-state index contributed by atoms with van der Waals surface area (Å²) in [5, 5.41) is 5.94. The predicted molar refractivity (Wildman–Crippen MR) is 237 cm³/mol. The van der Waals surface area contributed by atoms with Crippen molar-refractivity contribution in [2.75, 3.05) is 0 Å². The monoisotopic (exact) mass is 740 g/mol. The summed E-state index contributed by atoms with van der Waals surface area (Å²) in [6, 6.07) is 68.0. The lowest BCUT2D eigenvalue weighted by molar-refractivity contribution is 1.07. The Balaban J connectivity index is 1.03. The zero-order valence-electron chi connectivity index (χ0n) is 31.2. The number of imidazole rings is 1. The molecule has 0 aliphatic heterocycles. The minimum absolute atomic E-state index is 0.633. The van der Waals surface area contributed by atoms with Gasteiger partial charge in [-0.25, -0.2) is 19.9 Å². The molecule has 0 amide bonds. The average molecular weight is 741 g/mol. The third-order valence-corrected chi connectivity index (χ3v) is 11.3. The van der Waals surface area contributed by atoms with Crippen LogP contribution in [0.25, 0.3) is 111 Å². The van der Waals surface area contributed by atoms with E-state index in [2.05, 4.69) is 142 Å². The molecule has 4 aromatic heterocycles. The van der Waals surface area contributed by atoms with Crippen LogP contribution in [0.5, 0.6) is 0 Å². The number of benzene rings is 8. The molecule has 0 unspecified atom stereocenters. The number of nitrogens with zero attached hydrogens (tertiary/aromatic N) is 6. The van der Waals surface area contributed by atoms with Crippen LogP contribution >= 0.6 is 0 Å². The van der Waals surface area contributed by atoms with Gasteiger partial charge in [0.25, 0.3) is 0 Å². The van der Waals surface area contributed by atoms with Crippen LogP contribution in [0.15, 0.2) is 194 Å². The van der Waals surface area contributed by atoms with E-state index in [1.54, 1.807) is 0 Å². The summed E-state index contributed by atoms with van der Waals surface area (Å²) in [5.41, 5.74) is 12.6. The molecular formula is C52H32N6. The van der Waals surface area contributed by atoms with E-state index < -0.39 is 0 Å². The second-order valence-corrected chi connectivity index (χ2v) is 14.7. The molecule has 12 rings (SSSR count). The van der Waals surface area contributed by atoms with Gasteiger partial charge in [0.2, 0.25) is 0 Å². The Morgan fingerprint density at radius 1 is 0.328 bits per heavy atom. The molecule has 4 heterocycles. The molecule has 8 aromatic carbocycles. The van der Waals surface area contributed by atoms with Gasteiger partial charge in [-0.15, -0.1) is 0 Å². The van der Waals surface area contributed by atoms with Crippen LogP contribution in [0.3, 0.4) is 0 Å². The standard InChI is InChI=1S/C52H32N6/c1-3-14-34(15-4-1)49-54-50(35-16-5-2-6-17-35)56-51(55-49)37-19-13-18-36(32-37)33-26-28-38(29-27-33)57-44-23-10-8-21-40(44)42-31-30-41-39-20-7-11-24-45(39)58-46-25-12-9-22-43(46)53-52(58)47(41)48(42)57/h1-32H. The topological polar surface area (TPSA) is 60.9 Å². The third-order valence-electron chi connectivity index (χ3n) is 11.3. The van der Waals surface area contributed by atoms with Gasteiger partial charge < -0.3 is 4.57 Å². The zero-order valence-corrected chi connectivity index (χ0v) is 31.2. The highest BCUT2D eigenvalue weighted by Gasteiger charge is 2.21. The van der Waals surface area contributed by atoms with Gasteiger partial charge in [0.05, 0.1) is 33.0 Å². The molecule has 0 atom stereocenters. The Labute approximate surface area is 333 Å². The molecule has 58 heavy (non-hydrogen) atoms. The van der Waals surface area contributed by atoms with Crippen molar-refractivity contribution in [3.8, 4) is 51.0 Å². The maximum atomic E-state index is 5.32. The summed E-state index contributed by atoms with van der Waals surface area (Å²) in [6.07, 6.45) is 0. The number of hydrogen-bond acceptors (Lipinski definition) is 4. The number of hydrogen-bond donors (Lipinski definition) is 0. The van der Waals surface area contributed by atoms with Crippen molar-refractivity contribution in [1.82, 2.24) is 28.9 Å². The van der Waals surface area contributed by atoms with Crippen molar-refractivity contribution in [3.63, 3.8) is 0 Å². The lowest BCUT2D eigenvalue weighted by Gasteiger charge is -2.14. The van der Waals surface area contributed by atoms with Crippen LogP contribution in [0, 0.1) is 0 Å². The molecule has 0 spiro atoms. The first kappa shape index (κ1) is 32.3. The summed E-state index contributed by atoms with van der Waals surface area (Å²) >= 11 is 0. The fraction of sp³-hybridized carbons (Fsp3) is 0. The highest BCUT2D eigenvalue weighted by atomic mass is 15.0. The van der Waals surface area contributed by atoms with E-state index in [9.17, 15) is 0 Å². The first-order valence-corrected chi connectivity index (χ1v) is 19.5. The smallest absolute Gasteiger partial charge is 0.164 e. The summed E-state index contributed by atoms with van der Waals surface area (Å²) in [7, 11) is 0. The molecular weight excluding hydrogens is 709 g/mol. The minimum Gasteiger partial charge on any atom is -0.308 e. The van der Waals surface area contributed by atoms with Crippen LogP contribution in [-0.4, -0.2) is 28.9 Å². The van der Waals surface area contributed by atoms with E-state index in [-0.39, 0.29) is 0 Å². The zero-order chi connectivity index (χ0) is 38.2. The van der Waals surface area contributed by atoms with E-state index in [0.717, 1.165) is 72.1 Å². The Bertz CT molecular complexity index is 3490. The normalized spacial score (nSPS) is 11.8. The predicted octanol–water partition coefficient (Wildman–Crippen LogP) is 12.7. The quantitative estimate of drug-likeness (QED) is 0.165. The van der Waals surface area contributed by atoms with Gasteiger partial charge in [-0.3, -0.25) is 4.40 Å². The minimum atomic E-state index is 0.633. The van der Waals surface area contributed by atoms with Crippen molar-refractivity contribution in [2.45, 2.75) is 0 Å². The molecule has 0 saturated carbocycles. The number of pyridine rings is 1. The van der Waals surface area contributed by atoms with Crippen molar-refractivity contribution in [3.05, 3.63) is 194 Å². The highest BCUT2D eigenvalue weighted by molar-refractivity contribution is 6.27. The van der Waals surface area contributed by atoms with Crippen LogP contribution in [-0.2, 0) is 0 Å². The SMILES string of the molecule is c1ccc(-c2nc(-c3ccccc3)nc(-c3cccc(-c4ccc(-n5c6ccccc6c6ccc7c8ccccc8n8c9ccccc9nc8c7c65)cc4)c3)n2)cc1. The van der Waals surface area contributed by atoms with Gasteiger partial charge >= 0.3 is 0 Å². The Hall–Kier alpha value is -7.96. The van der Waals surface area contributed by atoms with Crippen LogP contribution < -0.4 is 0 Å². The van der Waals surface area contributed by atoms with Crippen molar-refractivity contribution in [1.29, 1.82) is 0 Å². The second kappa shape index (κ2) is 12.8. The number of fused-ring (bicyclic) bond motifs is 12. The lowest BCUT2D eigenvalue weighted by atomic mass is 10.0. The van der Waals surface area contributed by atoms with Crippen LogP contribution in [0.4, 0.5) is 0 Å². The Morgan fingerprint density at radius 3 is 1.57 bits per heavy atom. The largest absolute Gasteiger partial charge is 0.308 e. The van der Waals surface area contributed by atoms with E-state index >= 15 is 0 Å². The fourth-order valence-electron chi connectivity index (χ4n) is 8.69. The lowest BCUT2D eigenvalue weighted by Crippen LogP contribution is -2.00. The van der Waals surface area contributed by atoms with Gasteiger partial charge in [-0.05, 0) is 59.0 Å². The average Bonchev–Trinajstić information content (AvgIpc) is 3.86. The molecule has 12 aromatic rings. The number of para-hydroxylation sites is 4. The van der Waals surface area contributed by atoms with Gasteiger partial charge in [-0.1, -0.05) is 152 Å². The van der Waals surface area contributed by atoms with Crippen molar-refractivity contribution in [2.24, 2.45) is 0 Å². The fourth-order valence-corrected chi connectivity index (χ4v) is 8.69. The molecule has 0 aliphatic rings. The first-order valence-electron chi connectivity index (χ1n) is 19.5. The highest BCUT2D eigenvalue weighted by Crippen LogP contribution is 2.42. The molecule has 6 nitrogen and oxygen atoms in total. The number of rotatable bonds is 5. The summed E-state index contributed by atoms with van der Waals surface area (Å²) < 4.78 is 4.75.